The Balaban J connectivity index is 2.38. The summed E-state index contributed by atoms with van der Waals surface area (Å²) in [6.07, 6.45) is -2.18. The highest BCUT2D eigenvalue weighted by atomic mass is 19.4. The molecule has 0 saturated heterocycles. The van der Waals surface area contributed by atoms with Gasteiger partial charge < -0.3 is 11.1 Å². The van der Waals surface area contributed by atoms with Crippen molar-refractivity contribution >= 4 is 5.91 Å². The lowest BCUT2D eigenvalue weighted by Crippen LogP contribution is -2.42. The monoisotopic (exact) mass is 252 g/mol. The van der Waals surface area contributed by atoms with Crippen molar-refractivity contribution in [2.75, 3.05) is 0 Å². The van der Waals surface area contributed by atoms with Crippen LogP contribution in [-0.4, -0.2) is 24.2 Å². The van der Waals surface area contributed by atoms with Gasteiger partial charge in [0.25, 0.3) is 0 Å². The topological polar surface area (TPSA) is 55.1 Å². The van der Waals surface area contributed by atoms with Crippen molar-refractivity contribution in [2.45, 2.75) is 57.3 Å². The molecule has 0 bridgehead atoms. The van der Waals surface area contributed by atoms with Gasteiger partial charge in [0.2, 0.25) is 5.91 Å². The van der Waals surface area contributed by atoms with Crippen LogP contribution in [0.25, 0.3) is 0 Å². The van der Waals surface area contributed by atoms with Crippen LogP contribution >= 0.6 is 0 Å². The molecule has 3 atom stereocenters. The minimum Gasteiger partial charge on any atom is -0.353 e. The maximum atomic E-state index is 12.1. The first-order chi connectivity index (χ1) is 7.78. The number of halogens is 3. The van der Waals surface area contributed by atoms with Crippen LogP contribution in [0.4, 0.5) is 13.2 Å². The largest absolute Gasteiger partial charge is 0.391 e. The number of alkyl halides is 3. The average Bonchev–Trinajstić information content (AvgIpc) is 2.14. The summed E-state index contributed by atoms with van der Waals surface area (Å²) < 4.78 is 36.3. The van der Waals surface area contributed by atoms with E-state index in [0.717, 1.165) is 19.3 Å². The van der Waals surface area contributed by atoms with Gasteiger partial charge in [-0.15, -0.1) is 0 Å². The van der Waals surface area contributed by atoms with Gasteiger partial charge in [-0.3, -0.25) is 4.79 Å². The average molecular weight is 252 g/mol. The van der Waals surface area contributed by atoms with Gasteiger partial charge in [0.1, 0.15) is 0 Å². The number of amides is 1. The van der Waals surface area contributed by atoms with Crippen molar-refractivity contribution in [1.82, 2.24) is 5.32 Å². The van der Waals surface area contributed by atoms with Gasteiger partial charge in [-0.1, -0.05) is 6.42 Å². The molecule has 0 aromatic heterocycles. The smallest absolute Gasteiger partial charge is 0.353 e. The van der Waals surface area contributed by atoms with E-state index in [2.05, 4.69) is 5.32 Å². The molecule has 0 radical (unpaired) electrons. The van der Waals surface area contributed by atoms with E-state index in [0.29, 0.717) is 6.42 Å². The molecule has 1 fully saturated rings. The standard InChI is InChI=1S/C11H19F3N2O/c1-7(6-11(12,13)14)16-10(17)8-3-2-4-9(15)5-8/h7-9H,2-6,15H2,1H3,(H,16,17). The Morgan fingerprint density at radius 1 is 1.47 bits per heavy atom. The van der Waals surface area contributed by atoms with E-state index in [4.69, 9.17) is 5.73 Å². The normalized spacial score (nSPS) is 27.6. The number of rotatable bonds is 3. The van der Waals surface area contributed by atoms with Crippen molar-refractivity contribution in [3.05, 3.63) is 0 Å². The first-order valence-electron chi connectivity index (χ1n) is 5.90. The number of hydrogen-bond acceptors (Lipinski definition) is 2. The van der Waals surface area contributed by atoms with E-state index in [1.54, 1.807) is 0 Å². The molecule has 1 aliphatic rings. The molecule has 3 unspecified atom stereocenters. The fraction of sp³-hybridized carbons (Fsp3) is 0.909. The molecule has 3 nitrogen and oxygen atoms in total. The summed E-state index contributed by atoms with van der Waals surface area (Å²) in [4.78, 5) is 11.7. The molecule has 6 heteroatoms. The number of carbonyl (C=O) groups is 1. The number of nitrogens with two attached hydrogens (primary N) is 1. The molecule has 0 heterocycles. The number of hydrogen-bond donors (Lipinski definition) is 2. The molecule has 0 aromatic rings. The van der Waals surface area contributed by atoms with Gasteiger partial charge in [0, 0.05) is 18.0 Å². The van der Waals surface area contributed by atoms with E-state index in [1.165, 1.54) is 6.92 Å². The van der Waals surface area contributed by atoms with Crippen LogP contribution in [0.2, 0.25) is 0 Å². The number of carbonyl (C=O) groups excluding carboxylic acids is 1. The third-order valence-electron chi connectivity index (χ3n) is 3.01. The van der Waals surface area contributed by atoms with E-state index in [9.17, 15) is 18.0 Å². The highest BCUT2D eigenvalue weighted by Gasteiger charge is 2.32. The molecule has 1 aliphatic carbocycles. The molecule has 0 aromatic carbocycles. The van der Waals surface area contributed by atoms with Crippen LogP contribution < -0.4 is 11.1 Å². The second kappa shape index (κ2) is 5.71. The van der Waals surface area contributed by atoms with Gasteiger partial charge in [0.05, 0.1) is 6.42 Å². The SMILES string of the molecule is CC(CC(F)(F)F)NC(=O)C1CCCC(N)C1. The predicted octanol–water partition coefficient (Wildman–Crippen LogP) is 1.96. The summed E-state index contributed by atoms with van der Waals surface area (Å²) in [5.41, 5.74) is 5.74. The highest BCUT2D eigenvalue weighted by Crippen LogP contribution is 2.25. The fourth-order valence-electron chi connectivity index (χ4n) is 2.22. The maximum Gasteiger partial charge on any atom is 0.391 e. The first-order valence-corrected chi connectivity index (χ1v) is 5.90. The van der Waals surface area contributed by atoms with Crippen LogP contribution in [0.3, 0.4) is 0 Å². The summed E-state index contributed by atoms with van der Waals surface area (Å²) >= 11 is 0. The summed E-state index contributed by atoms with van der Waals surface area (Å²) in [6, 6.07) is -0.877. The molecule has 100 valence electrons. The molecule has 1 rings (SSSR count). The van der Waals surface area contributed by atoms with Gasteiger partial charge in [-0.2, -0.15) is 13.2 Å². The van der Waals surface area contributed by atoms with Gasteiger partial charge in [-0.05, 0) is 26.2 Å². The molecule has 17 heavy (non-hydrogen) atoms. The van der Waals surface area contributed by atoms with Gasteiger partial charge in [-0.25, -0.2) is 0 Å². The van der Waals surface area contributed by atoms with Crippen LogP contribution in [0.1, 0.15) is 39.0 Å². The zero-order chi connectivity index (χ0) is 13.1. The Labute approximate surface area is 98.9 Å². The van der Waals surface area contributed by atoms with E-state index in [-0.39, 0.29) is 17.9 Å². The lowest BCUT2D eigenvalue weighted by molar-refractivity contribution is -0.142. The van der Waals surface area contributed by atoms with Gasteiger partial charge in [0.15, 0.2) is 0 Å². The van der Waals surface area contributed by atoms with E-state index < -0.39 is 18.6 Å². The van der Waals surface area contributed by atoms with Crippen molar-refractivity contribution in [1.29, 1.82) is 0 Å². The lowest BCUT2D eigenvalue weighted by Gasteiger charge is -2.27. The molecular formula is C11H19F3N2O. The molecule has 1 saturated carbocycles. The molecule has 3 N–H and O–H groups in total. The minimum atomic E-state index is -4.24. The molecule has 1 amide bonds. The highest BCUT2D eigenvalue weighted by molar-refractivity contribution is 5.79. The minimum absolute atomic E-state index is 0.00239. The summed E-state index contributed by atoms with van der Waals surface area (Å²) in [6.45, 7) is 1.37. The lowest BCUT2D eigenvalue weighted by atomic mass is 9.85. The van der Waals surface area contributed by atoms with Crippen LogP contribution in [0.15, 0.2) is 0 Å². The Morgan fingerprint density at radius 2 is 2.12 bits per heavy atom. The molecular weight excluding hydrogens is 233 g/mol. The molecule has 0 spiro atoms. The fourth-order valence-corrected chi connectivity index (χ4v) is 2.22. The quantitative estimate of drug-likeness (QED) is 0.806. The second-order valence-electron chi connectivity index (χ2n) is 4.85. The Kier molecular flexibility index (Phi) is 4.80. The first kappa shape index (κ1) is 14.3. The summed E-state index contributed by atoms with van der Waals surface area (Å²) in [7, 11) is 0. The Bertz CT molecular complexity index is 268. The van der Waals surface area contributed by atoms with E-state index >= 15 is 0 Å². The maximum absolute atomic E-state index is 12.1. The Hall–Kier alpha value is -0.780. The van der Waals surface area contributed by atoms with Crippen LogP contribution in [0, 0.1) is 5.92 Å². The Morgan fingerprint density at radius 3 is 2.65 bits per heavy atom. The summed E-state index contributed by atoms with van der Waals surface area (Å²) in [5, 5.41) is 2.41. The zero-order valence-corrected chi connectivity index (χ0v) is 9.89. The van der Waals surface area contributed by atoms with E-state index in [1.807, 2.05) is 0 Å². The zero-order valence-electron chi connectivity index (χ0n) is 9.89. The summed E-state index contributed by atoms with van der Waals surface area (Å²) in [5.74, 6) is -0.522. The second-order valence-corrected chi connectivity index (χ2v) is 4.85. The van der Waals surface area contributed by atoms with Crippen molar-refractivity contribution < 1.29 is 18.0 Å². The van der Waals surface area contributed by atoms with Crippen molar-refractivity contribution in [2.24, 2.45) is 11.7 Å². The third kappa shape index (κ3) is 5.39. The van der Waals surface area contributed by atoms with Crippen molar-refractivity contribution in [3.8, 4) is 0 Å². The van der Waals surface area contributed by atoms with Crippen molar-refractivity contribution in [3.63, 3.8) is 0 Å². The van der Waals surface area contributed by atoms with Crippen LogP contribution in [-0.2, 0) is 4.79 Å². The number of nitrogens with one attached hydrogen (secondary N) is 1. The predicted molar refractivity (Wildman–Crippen MR) is 58.2 cm³/mol. The molecule has 0 aliphatic heterocycles. The van der Waals surface area contributed by atoms with Gasteiger partial charge >= 0.3 is 6.18 Å². The third-order valence-corrected chi connectivity index (χ3v) is 3.01. The van der Waals surface area contributed by atoms with Crippen LogP contribution in [0.5, 0.6) is 0 Å².